The summed E-state index contributed by atoms with van der Waals surface area (Å²) in [5.41, 5.74) is 2.24. The first-order valence-corrected chi connectivity index (χ1v) is 15.0. The number of hydrogen-bond acceptors (Lipinski definition) is 5. The number of benzene rings is 3. The summed E-state index contributed by atoms with van der Waals surface area (Å²) in [7, 11) is 3.42. The van der Waals surface area contributed by atoms with Crippen LogP contribution < -0.4 is 9.47 Å². The Labute approximate surface area is 256 Å². The van der Waals surface area contributed by atoms with Crippen LogP contribution in [0.1, 0.15) is 40.9 Å². The van der Waals surface area contributed by atoms with Crippen molar-refractivity contribution in [3.05, 3.63) is 82.2 Å². The van der Waals surface area contributed by atoms with Gasteiger partial charge in [0.2, 0.25) is 0 Å². The van der Waals surface area contributed by atoms with Gasteiger partial charge in [-0.2, -0.15) is 0 Å². The van der Waals surface area contributed by atoms with Crippen molar-refractivity contribution >= 4 is 50.7 Å². The summed E-state index contributed by atoms with van der Waals surface area (Å²) in [6.07, 6.45) is -1.52. The van der Waals surface area contributed by atoms with Crippen LogP contribution in [0.3, 0.4) is 0 Å². The molecule has 1 aliphatic carbocycles. The highest BCUT2D eigenvalue weighted by atomic mass is 35.5. The lowest BCUT2D eigenvalue weighted by atomic mass is 9.89. The van der Waals surface area contributed by atoms with Crippen LogP contribution in [0.4, 0.5) is 13.2 Å². The predicted octanol–water partition coefficient (Wildman–Crippen LogP) is 9.17. The first-order valence-electron chi connectivity index (χ1n) is 13.4. The summed E-state index contributed by atoms with van der Waals surface area (Å²) < 4.78 is 50.2. The molecule has 1 aromatic heterocycles. The van der Waals surface area contributed by atoms with E-state index in [-0.39, 0.29) is 30.3 Å². The highest BCUT2D eigenvalue weighted by Gasteiger charge is 2.33. The molecule has 3 aromatic carbocycles. The average Bonchev–Trinajstić information content (AvgIpc) is 3.31. The number of nitrogens with zero attached hydrogens (tertiary/aromatic N) is 2. The molecule has 0 radical (unpaired) electrons. The van der Waals surface area contributed by atoms with Crippen LogP contribution >= 0.6 is 34.7 Å². The molecule has 222 valence electrons. The molecule has 0 bridgehead atoms. The zero-order valence-corrected chi connectivity index (χ0v) is 25.3. The van der Waals surface area contributed by atoms with Crippen molar-refractivity contribution in [3.63, 3.8) is 0 Å². The molecular weight excluding hydrogens is 608 g/mol. The van der Waals surface area contributed by atoms with Crippen molar-refractivity contribution in [2.24, 2.45) is 0 Å². The van der Waals surface area contributed by atoms with Crippen molar-refractivity contribution in [2.75, 3.05) is 14.2 Å². The van der Waals surface area contributed by atoms with Gasteiger partial charge in [-0.15, -0.1) is 24.5 Å². The third-order valence-electron chi connectivity index (χ3n) is 7.64. The van der Waals surface area contributed by atoms with Gasteiger partial charge in [-0.05, 0) is 78.9 Å². The minimum absolute atomic E-state index is 0.0428. The number of amides is 1. The smallest absolute Gasteiger partial charge is 0.496 e. The molecule has 0 aliphatic heterocycles. The number of carbonyl (C=O) groups excluding carboxylic acids is 1. The van der Waals surface area contributed by atoms with Crippen LogP contribution in [-0.2, 0) is 6.54 Å². The minimum Gasteiger partial charge on any atom is -0.496 e. The summed E-state index contributed by atoms with van der Waals surface area (Å²) in [5, 5.41) is 1.29. The van der Waals surface area contributed by atoms with Crippen molar-refractivity contribution in [1.29, 1.82) is 0 Å². The number of rotatable bonds is 8. The Kier molecular flexibility index (Phi) is 9.23. The van der Waals surface area contributed by atoms with Crippen molar-refractivity contribution < 1.29 is 27.4 Å². The van der Waals surface area contributed by atoms with Crippen LogP contribution in [0, 0.1) is 0 Å². The van der Waals surface area contributed by atoms with Crippen molar-refractivity contribution in [1.82, 2.24) is 9.32 Å². The molecule has 42 heavy (non-hydrogen) atoms. The van der Waals surface area contributed by atoms with Crippen molar-refractivity contribution in [3.8, 4) is 22.6 Å². The van der Waals surface area contributed by atoms with Gasteiger partial charge in [-0.25, -0.2) is 4.42 Å². The largest absolute Gasteiger partial charge is 0.573 e. The molecule has 0 unspecified atom stereocenters. The Morgan fingerprint density at radius 3 is 2.24 bits per heavy atom. The third kappa shape index (κ3) is 6.80. The maximum Gasteiger partial charge on any atom is 0.573 e. The molecule has 0 N–H and O–H groups in total. The van der Waals surface area contributed by atoms with E-state index < -0.39 is 6.36 Å². The fourth-order valence-corrected chi connectivity index (χ4v) is 7.15. The predicted molar refractivity (Wildman–Crippen MR) is 161 cm³/mol. The normalized spacial score (nSPS) is 17.4. The molecule has 11 heteroatoms. The lowest BCUT2D eigenvalue weighted by molar-refractivity contribution is -0.274. The SMILES string of the molecule is COc1ccc(-c2ccc(OC(F)(F)F)cc2)cc1CN(C(=O)c1sc2ccccc2c1Cl)C1CCC(N(C)Cl)CC1. The summed E-state index contributed by atoms with van der Waals surface area (Å²) >= 11 is 14.4. The highest BCUT2D eigenvalue weighted by Crippen LogP contribution is 2.39. The second-order valence-corrected chi connectivity index (χ2v) is 12.2. The molecule has 5 nitrogen and oxygen atoms in total. The fraction of sp³-hybridized carbons (Fsp3) is 0.323. The summed E-state index contributed by atoms with van der Waals surface area (Å²) in [4.78, 5) is 16.6. The van der Waals surface area contributed by atoms with E-state index in [9.17, 15) is 18.0 Å². The Hall–Kier alpha value is -2.98. The number of thiophene rings is 1. The van der Waals surface area contributed by atoms with Crippen LogP contribution in [0.15, 0.2) is 66.7 Å². The van der Waals surface area contributed by atoms with Gasteiger partial charge in [-0.3, -0.25) is 4.79 Å². The Balaban J connectivity index is 1.48. The summed E-state index contributed by atoms with van der Waals surface area (Å²) in [5.74, 6) is 0.158. The summed E-state index contributed by atoms with van der Waals surface area (Å²) in [6.45, 7) is 0.266. The van der Waals surface area contributed by atoms with Crippen molar-refractivity contribution in [2.45, 2.75) is 50.7 Å². The molecule has 0 spiro atoms. The first kappa shape index (κ1) is 30.5. The Bertz CT molecular complexity index is 1550. The van der Waals surface area contributed by atoms with Crippen LogP contribution in [0.25, 0.3) is 21.2 Å². The molecule has 0 saturated heterocycles. The van der Waals surface area contributed by atoms with Gasteiger partial charge < -0.3 is 14.4 Å². The molecule has 4 aromatic rings. The number of halogens is 5. The topological polar surface area (TPSA) is 42.0 Å². The quantitative estimate of drug-likeness (QED) is 0.181. The van der Waals surface area contributed by atoms with Crippen LogP contribution in [0.2, 0.25) is 5.02 Å². The average molecular weight is 638 g/mol. The zero-order valence-electron chi connectivity index (χ0n) is 23.0. The highest BCUT2D eigenvalue weighted by molar-refractivity contribution is 7.21. The van der Waals surface area contributed by atoms with Gasteiger partial charge in [-0.1, -0.05) is 48.0 Å². The molecule has 5 rings (SSSR count). The number of alkyl halides is 3. The van der Waals surface area contributed by atoms with Gasteiger partial charge in [0.05, 0.1) is 12.1 Å². The molecule has 1 heterocycles. The summed E-state index contributed by atoms with van der Waals surface area (Å²) in [6, 6.07) is 19.1. The standard InChI is InChI=1S/C31H29Cl2F3N2O3S/c1-37(33)22-10-12-23(13-11-22)38(30(39)29-28(32)25-5-3-4-6-27(25)42-29)18-21-17-20(9-16-26(21)40-2)19-7-14-24(15-8-19)41-31(34,35)36/h3-9,14-17,22-23H,10-13,18H2,1-2H3. The number of methoxy groups -OCH3 is 1. The molecule has 0 atom stereocenters. The van der Waals surface area contributed by atoms with E-state index in [0.717, 1.165) is 46.9 Å². The van der Waals surface area contributed by atoms with Gasteiger partial charge in [0.15, 0.2) is 0 Å². The van der Waals surface area contributed by atoms with E-state index in [0.29, 0.717) is 21.2 Å². The van der Waals surface area contributed by atoms with E-state index in [1.165, 1.54) is 23.5 Å². The maximum atomic E-state index is 14.2. The first-order chi connectivity index (χ1) is 20.0. The lowest BCUT2D eigenvalue weighted by Crippen LogP contribution is -2.44. The van der Waals surface area contributed by atoms with Crippen LogP contribution in [0.5, 0.6) is 11.5 Å². The van der Waals surface area contributed by atoms with Gasteiger partial charge in [0, 0.05) is 41.3 Å². The van der Waals surface area contributed by atoms with E-state index in [2.05, 4.69) is 4.74 Å². The second kappa shape index (κ2) is 12.7. The zero-order chi connectivity index (χ0) is 30.0. The van der Waals surface area contributed by atoms with E-state index in [1.807, 2.05) is 48.3 Å². The molecule has 1 amide bonds. The third-order valence-corrected chi connectivity index (χ3v) is 9.58. The molecule has 1 fully saturated rings. The van der Waals surface area contributed by atoms with Crippen LogP contribution in [-0.4, -0.2) is 47.8 Å². The van der Waals surface area contributed by atoms with E-state index >= 15 is 0 Å². The number of carbonyl (C=O) groups is 1. The lowest BCUT2D eigenvalue weighted by Gasteiger charge is -2.38. The Morgan fingerprint density at radius 1 is 0.976 bits per heavy atom. The molecular formula is C31H29Cl2F3N2O3S. The number of ether oxygens (including phenoxy) is 2. The monoisotopic (exact) mass is 636 g/mol. The number of fused-ring (bicyclic) bond motifs is 1. The number of hydrogen-bond donors (Lipinski definition) is 0. The van der Waals surface area contributed by atoms with E-state index in [4.69, 9.17) is 28.1 Å². The molecule has 1 aliphatic rings. The van der Waals surface area contributed by atoms with E-state index in [1.54, 1.807) is 29.7 Å². The fourth-order valence-electron chi connectivity index (χ4n) is 5.49. The molecule has 1 saturated carbocycles. The van der Waals surface area contributed by atoms with Gasteiger partial charge in [0.25, 0.3) is 5.91 Å². The Morgan fingerprint density at radius 2 is 1.62 bits per heavy atom. The van der Waals surface area contributed by atoms with Gasteiger partial charge >= 0.3 is 6.36 Å². The minimum atomic E-state index is -4.76. The maximum absolute atomic E-state index is 14.2. The second-order valence-electron chi connectivity index (χ2n) is 10.3. The van der Waals surface area contributed by atoms with Gasteiger partial charge in [0.1, 0.15) is 16.4 Å².